The van der Waals surface area contributed by atoms with Gasteiger partial charge in [-0.1, -0.05) is 0 Å². The monoisotopic (exact) mass is 315 g/mol. The number of rotatable bonds is 2. The third-order valence-electron chi connectivity index (χ3n) is 2.00. The quantitative estimate of drug-likeness (QED) is 0.623. The molecule has 0 aliphatic carbocycles. The molecular weight excluding hydrogens is 305 g/mol. The molecule has 0 saturated carbocycles. The zero-order chi connectivity index (χ0) is 11.4. The zero-order valence-electron chi connectivity index (χ0n) is 8.50. The van der Waals surface area contributed by atoms with E-state index in [-0.39, 0.29) is 5.97 Å². The molecule has 0 saturated heterocycles. The van der Waals surface area contributed by atoms with Gasteiger partial charge in [0.1, 0.15) is 0 Å². The molecule has 0 fully saturated rings. The van der Waals surface area contributed by atoms with E-state index in [0.717, 1.165) is 9.13 Å². The molecule has 1 aromatic rings. The molecule has 15 heavy (non-hydrogen) atoms. The maximum Gasteiger partial charge on any atom is 0.339 e. The predicted molar refractivity (Wildman–Crippen MR) is 64.6 cm³/mol. The van der Waals surface area contributed by atoms with Gasteiger partial charge in [0, 0.05) is 3.57 Å². The van der Waals surface area contributed by atoms with Gasteiger partial charge in [-0.25, -0.2) is 4.79 Å². The molecule has 0 radical (unpaired) electrons. The van der Waals surface area contributed by atoms with Crippen molar-refractivity contribution in [1.29, 1.82) is 5.26 Å². The van der Waals surface area contributed by atoms with Crippen molar-refractivity contribution in [2.24, 2.45) is 0 Å². The van der Waals surface area contributed by atoms with Crippen molar-refractivity contribution in [1.82, 2.24) is 0 Å². The van der Waals surface area contributed by atoms with Crippen LogP contribution < -0.4 is 0 Å². The Morgan fingerprint density at radius 3 is 2.80 bits per heavy atom. The van der Waals surface area contributed by atoms with Crippen molar-refractivity contribution >= 4 is 28.6 Å². The third-order valence-corrected chi connectivity index (χ3v) is 3.39. The average molecular weight is 315 g/mol. The van der Waals surface area contributed by atoms with Gasteiger partial charge in [0.05, 0.1) is 23.8 Å². The number of hydrogen-bond acceptors (Lipinski definition) is 3. The summed E-state index contributed by atoms with van der Waals surface area (Å²) in [6.07, 6.45) is 0. The second-order valence-electron chi connectivity index (χ2n) is 2.93. The maximum absolute atomic E-state index is 11.5. The Morgan fingerprint density at radius 1 is 1.60 bits per heavy atom. The SMILES string of the molecule is CCOC(=O)c1ccc(C#N)c(C)c1I. The fourth-order valence-electron chi connectivity index (χ4n) is 1.17. The number of carbonyl (C=O) groups is 1. The van der Waals surface area contributed by atoms with E-state index in [1.165, 1.54) is 0 Å². The summed E-state index contributed by atoms with van der Waals surface area (Å²) in [5, 5.41) is 8.81. The first-order valence-corrected chi connectivity index (χ1v) is 5.56. The van der Waals surface area contributed by atoms with Gasteiger partial charge in [-0.2, -0.15) is 5.26 Å². The number of halogens is 1. The van der Waals surface area contributed by atoms with Crippen LogP contribution in [0.2, 0.25) is 0 Å². The second-order valence-corrected chi connectivity index (χ2v) is 4.01. The molecule has 0 spiro atoms. The van der Waals surface area contributed by atoms with Crippen molar-refractivity contribution in [2.75, 3.05) is 6.61 Å². The van der Waals surface area contributed by atoms with Gasteiger partial charge >= 0.3 is 5.97 Å². The van der Waals surface area contributed by atoms with E-state index in [0.29, 0.717) is 17.7 Å². The van der Waals surface area contributed by atoms with Crippen LogP contribution in [0.1, 0.15) is 28.4 Å². The van der Waals surface area contributed by atoms with Crippen molar-refractivity contribution in [2.45, 2.75) is 13.8 Å². The molecule has 78 valence electrons. The van der Waals surface area contributed by atoms with E-state index in [1.807, 2.05) is 6.92 Å². The fourth-order valence-corrected chi connectivity index (χ4v) is 1.86. The van der Waals surface area contributed by atoms with Crippen LogP contribution in [0.25, 0.3) is 0 Å². The van der Waals surface area contributed by atoms with Crippen molar-refractivity contribution < 1.29 is 9.53 Å². The largest absolute Gasteiger partial charge is 0.462 e. The Labute approximate surface area is 102 Å². The van der Waals surface area contributed by atoms with Crippen LogP contribution in [-0.2, 0) is 4.74 Å². The molecule has 3 nitrogen and oxygen atoms in total. The van der Waals surface area contributed by atoms with Crippen LogP contribution in [0, 0.1) is 21.8 Å². The number of esters is 1. The normalized spacial score (nSPS) is 9.47. The summed E-state index contributed by atoms with van der Waals surface area (Å²) in [7, 11) is 0. The van der Waals surface area contributed by atoms with Gasteiger partial charge in [-0.05, 0) is 54.1 Å². The van der Waals surface area contributed by atoms with E-state index in [2.05, 4.69) is 28.7 Å². The summed E-state index contributed by atoms with van der Waals surface area (Å²) in [4.78, 5) is 11.5. The first-order valence-electron chi connectivity index (χ1n) is 4.48. The van der Waals surface area contributed by atoms with E-state index in [4.69, 9.17) is 10.00 Å². The number of nitrogens with zero attached hydrogens (tertiary/aromatic N) is 1. The molecule has 0 unspecified atom stereocenters. The number of ether oxygens (including phenoxy) is 1. The Bertz CT molecular complexity index is 435. The lowest BCUT2D eigenvalue weighted by Gasteiger charge is -2.07. The van der Waals surface area contributed by atoms with E-state index in [1.54, 1.807) is 19.1 Å². The molecule has 0 bridgehead atoms. The molecule has 0 heterocycles. The molecule has 0 aliphatic rings. The second kappa shape index (κ2) is 5.12. The molecule has 1 aromatic carbocycles. The van der Waals surface area contributed by atoms with Gasteiger partial charge in [-0.3, -0.25) is 0 Å². The summed E-state index contributed by atoms with van der Waals surface area (Å²) in [6.45, 7) is 3.94. The summed E-state index contributed by atoms with van der Waals surface area (Å²) in [6, 6.07) is 5.35. The fraction of sp³-hybridized carbons (Fsp3) is 0.273. The number of benzene rings is 1. The first kappa shape index (κ1) is 12.0. The highest BCUT2D eigenvalue weighted by Gasteiger charge is 2.14. The number of hydrogen-bond donors (Lipinski definition) is 0. The smallest absolute Gasteiger partial charge is 0.339 e. The maximum atomic E-state index is 11.5. The van der Waals surface area contributed by atoms with Crippen molar-refractivity contribution in [3.05, 3.63) is 32.4 Å². The number of nitriles is 1. The van der Waals surface area contributed by atoms with Gasteiger partial charge in [-0.15, -0.1) is 0 Å². The van der Waals surface area contributed by atoms with Crippen LogP contribution in [0.15, 0.2) is 12.1 Å². The van der Waals surface area contributed by atoms with Gasteiger partial charge in [0.25, 0.3) is 0 Å². The van der Waals surface area contributed by atoms with E-state index >= 15 is 0 Å². The Kier molecular flexibility index (Phi) is 4.09. The molecule has 0 atom stereocenters. The number of carbonyl (C=O) groups excluding carboxylic acids is 1. The summed E-state index contributed by atoms with van der Waals surface area (Å²) >= 11 is 2.06. The molecule has 1 rings (SSSR count). The van der Waals surface area contributed by atoms with Crippen LogP contribution in [-0.4, -0.2) is 12.6 Å². The standard InChI is InChI=1S/C11H10INO2/c1-3-15-11(14)9-5-4-8(6-13)7(2)10(9)12/h4-5H,3H2,1-2H3. The lowest BCUT2D eigenvalue weighted by Crippen LogP contribution is -2.08. The first-order chi connectivity index (χ1) is 7.11. The highest BCUT2D eigenvalue weighted by molar-refractivity contribution is 14.1. The molecule has 0 aliphatic heterocycles. The van der Waals surface area contributed by atoms with Crippen LogP contribution in [0.5, 0.6) is 0 Å². The predicted octanol–water partition coefficient (Wildman–Crippen LogP) is 2.65. The highest BCUT2D eigenvalue weighted by atomic mass is 127. The van der Waals surface area contributed by atoms with Gasteiger partial charge in [0.15, 0.2) is 0 Å². The average Bonchev–Trinajstić information content (AvgIpc) is 2.22. The van der Waals surface area contributed by atoms with Crippen LogP contribution in [0.3, 0.4) is 0 Å². The Hall–Kier alpha value is -1.09. The highest BCUT2D eigenvalue weighted by Crippen LogP contribution is 2.21. The van der Waals surface area contributed by atoms with Gasteiger partial charge < -0.3 is 4.74 Å². The van der Waals surface area contributed by atoms with E-state index < -0.39 is 0 Å². The minimum Gasteiger partial charge on any atom is -0.462 e. The van der Waals surface area contributed by atoms with Crippen LogP contribution in [0.4, 0.5) is 0 Å². The minimum atomic E-state index is -0.338. The summed E-state index contributed by atoms with van der Waals surface area (Å²) in [5.41, 5.74) is 1.94. The minimum absolute atomic E-state index is 0.338. The Morgan fingerprint density at radius 2 is 2.27 bits per heavy atom. The molecule has 0 aromatic heterocycles. The van der Waals surface area contributed by atoms with E-state index in [9.17, 15) is 4.79 Å². The molecule has 0 amide bonds. The lowest BCUT2D eigenvalue weighted by atomic mass is 10.1. The molecule has 0 N–H and O–H groups in total. The summed E-state index contributed by atoms with van der Waals surface area (Å²) < 4.78 is 5.69. The zero-order valence-corrected chi connectivity index (χ0v) is 10.7. The van der Waals surface area contributed by atoms with Crippen molar-refractivity contribution in [3.63, 3.8) is 0 Å². The van der Waals surface area contributed by atoms with Crippen LogP contribution >= 0.6 is 22.6 Å². The topological polar surface area (TPSA) is 50.1 Å². The molecular formula is C11H10INO2. The lowest BCUT2D eigenvalue weighted by molar-refractivity contribution is 0.0525. The van der Waals surface area contributed by atoms with Crippen molar-refractivity contribution in [3.8, 4) is 6.07 Å². The third kappa shape index (κ3) is 2.48. The molecule has 4 heteroatoms. The summed E-state index contributed by atoms with van der Waals surface area (Å²) in [5.74, 6) is -0.338. The Balaban J connectivity index is 3.19. The van der Waals surface area contributed by atoms with Gasteiger partial charge in [0.2, 0.25) is 0 Å².